The molecule has 5 rings (SSSR count). The maximum atomic E-state index is 6.17. The molecule has 0 amide bonds. The highest BCUT2D eigenvalue weighted by Crippen LogP contribution is 2.73. The molecule has 10 atom stereocenters. The van der Waals surface area contributed by atoms with Gasteiger partial charge in [-0.3, -0.25) is 0 Å². The largest absolute Gasteiger partial charge is 0.381 e. The van der Waals surface area contributed by atoms with Gasteiger partial charge in [0.2, 0.25) is 0 Å². The first-order valence-electron chi connectivity index (χ1n) is 15.3. The molecule has 0 spiro atoms. The van der Waals surface area contributed by atoms with Crippen molar-refractivity contribution in [3.05, 3.63) is 11.6 Å². The van der Waals surface area contributed by atoms with Crippen LogP contribution in [0, 0.1) is 45.3 Å². The van der Waals surface area contributed by atoms with Gasteiger partial charge in [-0.1, -0.05) is 53.2 Å². The van der Waals surface area contributed by atoms with Crippen LogP contribution in [-0.4, -0.2) is 31.2 Å². The van der Waals surface area contributed by atoms with Gasteiger partial charge in [0.15, 0.2) is 6.29 Å². The summed E-state index contributed by atoms with van der Waals surface area (Å²) in [6.45, 7) is 22.0. The van der Waals surface area contributed by atoms with E-state index in [1.54, 1.807) is 0 Å². The summed E-state index contributed by atoms with van der Waals surface area (Å²) in [4.78, 5) is 0. The molecule has 0 unspecified atom stereocenters. The van der Waals surface area contributed by atoms with E-state index in [4.69, 9.17) is 14.2 Å². The second kappa shape index (κ2) is 8.82. The molecule has 36 heavy (non-hydrogen) atoms. The normalized spacial score (nSPS) is 50.1. The van der Waals surface area contributed by atoms with Crippen LogP contribution in [0.15, 0.2) is 11.6 Å². The zero-order chi connectivity index (χ0) is 26.3. The second-order valence-corrected chi connectivity index (χ2v) is 15.5. The molecular weight excluding hydrogens is 444 g/mol. The molecule has 0 aromatic heterocycles. The lowest BCUT2D eigenvalue weighted by Crippen LogP contribution is -2.58. The summed E-state index contributed by atoms with van der Waals surface area (Å²) in [5, 5.41) is 0. The van der Waals surface area contributed by atoms with E-state index in [-0.39, 0.29) is 23.4 Å². The summed E-state index contributed by atoms with van der Waals surface area (Å²) < 4.78 is 18.2. The van der Waals surface area contributed by atoms with E-state index in [1.165, 1.54) is 51.4 Å². The third-order valence-electron chi connectivity index (χ3n) is 13.3. The van der Waals surface area contributed by atoms with Crippen LogP contribution in [0.3, 0.4) is 0 Å². The predicted octanol–water partition coefficient (Wildman–Crippen LogP) is 8.56. The van der Waals surface area contributed by atoms with Crippen LogP contribution < -0.4 is 0 Å². The monoisotopic (exact) mass is 500 g/mol. The minimum atomic E-state index is -0.167. The van der Waals surface area contributed by atoms with Crippen LogP contribution >= 0.6 is 0 Å². The van der Waals surface area contributed by atoms with Gasteiger partial charge in [-0.2, -0.15) is 0 Å². The molecular formula is C33H56O3. The quantitative estimate of drug-likeness (QED) is 0.354. The van der Waals surface area contributed by atoms with Crippen LogP contribution in [0.4, 0.5) is 0 Å². The third kappa shape index (κ3) is 3.75. The molecule has 5 aliphatic rings. The van der Waals surface area contributed by atoms with E-state index in [1.807, 2.05) is 19.6 Å². The summed E-state index contributed by atoms with van der Waals surface area (Å²) in [6.07, 6.45) is 15.0. The SMILES string of the molecule is CO[C@H]1CC[C@]2(C)C3=CC[C@]4(C)[C@@H]([C@H](C)CC[C@@H]5O[C@@H](C)OC5(C)C)CC[C@@]4(C)[C@@H]3CC[C@H]2C1(C)C. The van der Waals surface area contributed by atoms with Crippen molar-refractivity contribution in [2.75, 3.05) is 7.11 Å². The van der Waals surface area contributed by atoms with E-state index in [2.05, 4.69) is 61.5 Å². The van der Waals surface area contributed by atoms with Crippen molar-refractivity contribution in [3.63, 3.8) is 0 Å². The van der Waals surface area contributed by atoms with Gasteiger partial charge in [0.1, 0.15) is 0 Å². The van der Waals surface area contributed by atoms with Crippen molar-refractivity contribution in [3.8, 4) is 0 Å². The lowest BCUT2D eigenvalue weighted by atomic mass is 9.41. The minimum Gasteiger partial charge on any atom is -0.381 e. The van der Waals surface area contributed by atoms with Crippen molar-refractivity contribution in [1.29, 1.82) is 0 Å². The van der Waals surface area contributed by atoms with Gasteiger partial charge in [-0.05, 0) is 124 Å². The summed E-state index contributed by atoms with van der Waals surface area (Å²) in [7, 11) is 1.93. The number of ether oxygens (including phenoxy) is 3. The Kier molecular flexibility index (Phi) is 6.66. The van der Waals surface area contributed by atoms with Crippen LogP contribution in [0.25, 0.3) is 0 Å². The zero-order valence-corrected chi connectivity index (χ0v) is 25.2. The Labute approximate surface area is 222 Å². The van der Waals surface area contributed by atoms with Gasteiger partial charge in [0, 0.05) is 7.11 Å². The molecule has 4 aliphatic carbocycles. The highest BCUT2D eigenvalue weighted by Gasteiger charge is 2.65. The average molecular weight is 501 g/mol. The standard InChI is InChI=1S/C33H56O3/c1-21(11-14-28-30(5,6)36-22(2)35-28)23-15-19-33(9)25-12-13-26-29(3,4)27(34-10)17-18-31(26,7)24(25)16-20-32(23,33)8/h16,21-23,25-28H,11-15,17-20H2,1-10H3/t21-,22-,23-,25-,26+,27+,28+,31-,32-,33+/m1/s1. The molecule has 0 bridgehead atoms. The van der Waals surface area contributed by atoms with Crippen molar-refractivity contribution < 1.29 is 14.2 Å². The number of hydrogen-bond donors (Lipinski definition) is 0. The first-order chi connectivity index (χ1) is 16.7. The van der Waals surface area contributed by atoms with Gasteiger partial charge in [0.25, 0.3) is 0 Å². The topological polar surface area (TPSA) is 27.7 Å². The van der Waals surface area contributed by atoms with Gasteiger partial charge < -0.3 is 14.2 Å². The molecule has 3 saturated carbocycles. The lowest BCUT2D eigenvalue weighted by Gasteiger charge is -2.64. The summed E-state index contributed by atoms with van der Waals surface area (Å²) in [5.74, 6) is 3.02. The Bertz CT molecular complexity index is 874. The number of fused-ring (bicyclic) bond motifs is 5. The molecule has 0 aromatic carbocycles. The predicted molar refractivity (Wildman–Crippen MR) is 148 cm³/mol. The minimum absolute atomic E-state index is 0.0741. The van der Waals surface area contributed by atoms with Crippen LogP contribution in [0.2, 0.25) is 0 Å². The first kappa shape index (κ1) is 27.2. The van der Waals surface area contributed by atoms with Crippen LogP contribution in [0.5, 0.6) is 0 Å². The smallest absolute Gasteiger partial charge is 0.156 e. The molecule has 206 valence electrons. The van der Waals surface area contributed by atoms with E-state index >= 15 is 0 Å². The number of rotatable bonds is 5. The Balaban J connectivity index is 1.36. The average Bonchev–Trinajstić information content (AvgIpc) is 3.22. The Morgan fingerprint density at radius 2 is 1.69 bits per heavy atom. The number of hydrogen-bond acceptors (Lipinski definition) is 3. The van der Waals surface area contributed by atoms with Gasteiger partial charge >= 0.3 is 0 Å². The fraction of sp³-hybridized carbons (Fsp3) is 0.939. The third-order valence-corrected chi connectivity index (χ3v) is 13.3. The number of methoxy groups -OCH3 is 1. The fourth-order valence-corrected chi connectivity index (χ4v) is 11.0. The van der Waals surface area contributed by atoms with Gasteiger partial charge in [-0.15, -0.1) is 0 Å². The van der Waals surface area contributed by atoms with Crippen molar-refractivity contribution in [2.45, 2.75) is 144 Å². The second-order valence-electron chi connectivity index (χ2n) is 15.5. The highest BCUT2D eigenvalue weighted by atomic mass is 16.7. The van der Waals surface area contributed by atoms with E-state index in [0.29, 0.717) is 22.3 Å². The maximum Gasteiger partial charge on any atom is 0.156 e. The van der Waals surface area contributed by atoms with E-state index in [0.717, 1.165) is 30.1 Å². The Hall–Kier alpha value is -0.380. The van der Waals surface area contributed by atoms with Gasteiger partial charge in [0.05, 0.1) is 17.8 Å². The molecule has 0 aromatic rings. The highest BCUT2D eigenvalue weighted by molar-refractivity contribution is 5.32. The summed E-state index contributed by atoms with van der Waals surface area (Å²) in [6, 6.07) is 0. The molecule has 1 heterocycles. The summed E-state index contributed by atoms with van der Waals surface area (Å²) in [5.41, 5.74) is 3.10. The molecule has 3 nitrogen and oxygen atoms in total. The van der Waals surface area contributed by atoms with Crippen molar-refractivity contribution in [1.82, 2.24) is 0 Å². The molecule has 3 heteroatoms. The first-order valence-corrected chi connectivity index (χ1v) is 15.3. The van der Waals surface area contributed by atoms with Crippen molar-refractivity contribution in [2.24, 2.45) is 45.3 Å². The van der Waals surface area contributed by atoms with E-state index in [9.17, 15) is 0 Å². The Morgan fingerprint density at radius 3 is 2.33 bits per heavy atom. The lowest BCUT2D eigenvalue weighted by molar-refractivity contribution is -0.130. The molecule has 0 radical (unpaired) electrons. The van der Waals surface area contributed by atoms with Crippen LogP contribution in [-0.2, 0) is 14.2 Å². The zero-order valence-electron chi connectivity index (χ0n) is 25.2. The number of allylic oxidation sites excluding steroid dienone is 2. The molecule has 1 aliphatic heterocycles. The Morgan fingerprint density at radius 1 is 0.972 bits per heavy atom. The van der Waals surface area contributed by atoms with Crippen LogP contribution in [0.1, 0.15) is 120 Å². The van der Waals surface area contributed by atoms with Gasteiger partial charge in [-0.25, -0.2) is 0 Å². The van der Waals surface area contributed by atoms with Crippen molar-refractivity contribution >= 4 is 0 Å². The molecule has 0 N–H and O–H groups in total. The van der Waals surface area contributed by atoms with E-state index < -0.39 is 0 Å². The molecule has 1 saturated heterocycles. The maximum absolute atomic E-state index is 6.17. The summed E-state index contributed by atoms with van der Waals surface area (Å²) >= 11 is 0. The fourth-order valence-electron chi connectivity index (χ4n) is 11.0. The molecule has 4 fully saturated rings.